The molecule has 0 radical (unpaired) electrons. The number of halogens is 1. The summed E-state index contributed by atoms with van der Waals surface area (Å²) < 4.78 is 9.98. The first-order valence-electron chi connectivity index (χ1n) is 5.95. The van der Waals surface area contributed by atoms with Gasteiger partial charge in [-0.3, -0.25) is 4.79 Å². The molecule has 0 aromatic heterocycles. The molecule has 1 aromatic rings. The summed E-state index contributed by atoms with van der Waals surface area (Å²) in [6.45, 7) is 5.01. The molecule has 1 N–H and O–H groups in total. The first-order chi connectivity index (χ1) is 9.52. The van der Waals surface area contributed by atoms with Crippen LogP contribution in [0.5, 0.6) is 5.75 Å². The molecule has 0 aliphatic carbocycles. The minimum absolute atomic E-state index is 0.268. The van der Waals surface area contributed by atoms with Crippen LogP contribution in [0.3, 0.4) is 0 Å². The van der Waals surface area contributed by atoms with E-state index in [0.717, 1.165) is 5.56 Å². The average molecular weight is 298 g/mol. The highest BCUT2D eigenvalue weighted by Crippen LogP contribution is 2.20. The van der Waals surface area contributed by atoms with E-state index in [1.165, 1.54) is 6.08 Å². The number of aryl methyl sites for hydroxylation is 1. The van der Waals surface area contributed by atoms with Crippen LogP contribution in [-0.2, 0) is 14.3 Å². The molecule has 108 valence electrons. The fourth-order valence-electron chi connectivity index (χ4n) is 1.27. The molecule has 1 rings (SSSR count). The maximum atomic E-state index is 11.4. The van der Waals surface area contributed by atoms with Crippen LogP contribution in [0, 0.1) is 6.92 Å². The van der Waals surface area contributed by atoms with Crippen molar-refractivity contribution in [2.45, 2.75) is 6.92 Å². The Morgan fingerprint density at radius 2 is 2.15 bits per heavy atom. The zero-order valence-corrected chi connectivity index (χ0v) is 11.9. The minimum atomic E-state index is -0.619. The molecular weight excluding hydrogens is 282 g/mol. The first kappa shape index (κ1) is 16.0. The van der Waals surface area contributed by atoms with Crippen molar-refractivity contribution in [1.29, 1.82) is 0 Å². The number of rotatable bonds is 7. The minimum Gasteiger partial charge on any atom is -0.482 e. The molecule has 0 heterocycles. The predicted molar refractivity (Wildman–Crippen MR) is 75.8 cm³/mol. The number of esters is 1. The van der Waals surface area contributed by atoms with Gasteiger partial charge in [-0.05, 0) is 30.7 Å². The maximum Gasteiger partial charge on any atom is 0.344 e. The molecule has 6 heteroatoms. The Bertz CT molecular complexity index is 502. The molecule has 0 saturated carbocycles. The van der Waals surface area contributed by atoms with Gasteiger partial charge in [-0.1, -0.05) is 17.7 Å². The molecule has 1 amide bonds. The standard InChI is InChI=1S/C14H16ClNO4/c1-3-6-16-13(17)8-20-14(18)9-19-11-4-5-12(15)10(2)7-11/h3-5,7H,1,6,8-9H2,2H3,(H,16,17). The quantitative estimate of drug-likeness (QED) is 0.616. The lowest BCUT2D eigenvalue weighted by molar-refractivity contribution is -0.150. The summed E-state index contributed by atoms with van der Waals surface area (Å²) in [4.78, 5) is 22.5. The van der Waals surface area contributed by atoms with Gasteiger partial charge in [0.2, 0.25) is 0 Å². The van der Waals surface area contributed by atoms with Crippen LogP contribution in [-0.4, -0.2) is 31.6 Å². The van der Waals surface area contributed by atoms with E-state index in [1.54, 1.807) is 18.2 Å². The van der Waals surface area contributed by atoms with Gasteiger partial charge < -0.3 is 14.8 Å². The Morgan fingerprint density at radius 3 is 2.80 bits per heavy atom. The average Bonchev–Trinajstić information content (AvgIpc) is 2.44. The van der Waals surface area contributed by atoms with Gasteiger partial charge in [-0.25, -0.2) is 4.79 Å². The van der Waals surface area contributed by atoms with Crippen molar-refractivity contribution in [2.75, 3.05) is 19.8 Å². The number of carbonyl (C=O) groups excluding carboxylic acids is 2. The molecule has 0 aliphatic rings. The smallest absolute Gasteiger partial charge is 0.344 e. The summed E-state index contributed by atoms with van der Waals surface area (Å²) in [6, 6.07) is 5.05. The van der Waals surface area contributed by atoms with E-state index in [-0.39, 0.29) is 19.1 Å². The molecule has 0 aliphatic heterocycles. The second kappa shape index (κ2) is 8.22. The van der Waals surface area contributed by atoms with Gasteiger partial charge in [0.15, 0.2) is 13.2 Å². The van der Waals surface area contributed by atoms with Crippen LogP contribution in [0.15, 0.2) is 30.9 Å². The molecule has 5 nitrogen and oxygen atoms in total. The Balaban J connectivity index is 2.30. The Hall–Kier alpha value is -2.01. The van der Waals surface area contributed by atoms with E-state index >= 15 is 0 Å². The third-order valence-electron chi connectivity index (χ3n) is 2.29. The zero-order chi connectivity index (χ0) is 15.0. The van der Waals surface area contributed by atoms with Crippen LogP contribution >= 0.6 is 11.6 Å². The second-order valence-electron chi connectivity index (χ2n) is 3.95. The lowest BCUT2D eigenvalue weighted by Gasteiger charge is -2.08. The van der Waals surface area contributed by atoms with E-state index in [2.05, 4.69) is 11.9 Å². The Morgan fingerprint density at radius 1 is 1.40 bits per heavy atom. The van der Waals surface area contributed by atoms with Gasteiger partial charge in [0, 0.05) is 11.6 Å². The summed E-state index contributed by atoms with van der Waals surface area (Å²) in [6.07, 6.45) is 1.53. The zero-order valence-electron chi connectivity index (χ0n) is 11.1. The Kier molecular flexibility index (Phi) is 6.59. The SMILES string of the molecule is C=CCNC(=O)COC(=O)COc1ccc(Cl)c(C)c1. The van der Waals surface area contributed by atoms with Crippen molar-refractivity contribution >= 4 is 23.5 Å². The molecular formula is C14H16ClNO4. The van der Waals surface area contributed by atoms with Crippen LogP contribution in [0.1, 0.15) is 5.56 Å². The summed E-state index contributed by atoms with van der Waals surface area (Å²) in [5, 5.41) is 3.11. The van der Waals surface area contributed by atoms with E-state index in [0.29, 0.717) is 17.3 Å². The number of hydrogen-bond acceptors (Lipinski definition) is 4. The molecule has 20 heavy (non-hydrogen) atoms. The van der Waals surface area contributed by atoms with Crippen molar-refractivity contribution in [3.8, 4) is 5.75 Å². The van der Waals surface area contributed by atoms with Gasteiger partial charge in [0.1, 0.15) is 5.75 Å². The fourth-order valence-corrected chi connectivity index (χ4v) is 1.39. The molecule has 0 unspecified atom stereocenters. The summed E-state index contributed by atoms with van der Waals surface area (Å²) in [5.41, 5.74) is 0.848. The maximum absolute atomic E-state index is 11.4. The Labute approximate surface area is 122 Å². The number of hydrogen-bond donors (Lipinski definition) is 1. The van der Waals surface area contributed by atoms with Crippen LogP contribution < -0.4 is 10.1 Å². The van der Waals surface area contributed by atoms with Gasteiger partial charge in [-0.15, -0.1) is 6.58 Å². The number of carbonyl (C=O) groups is 2. The van der Waals surface area contributed by atoms with Crippen molar-refractivity contribution in [2.24, 2.45) is 0 Å². The largest absolute Gasteiger partial charge is 0.482 e. The summed E-state index contributed by atoms with van der Waals surface area (Å²) in [5.74, 6) is -0.494. The fraction of sp³-hybridized carbons (Fsp3) is 0.286. The molecule has 0 atom stereocenters. The first-order valence-corrected chi connectivity index (χ1v) is 6.33. The number of nitrogens with one attached hydrogen (secondary N) is 1. The van der Waals surface area contributed by atoms with Crippen molar-refractivity contribution in [3.63, 3.8) is 0 Å². The van der Waals surface area contributed by atoms with E-state index in [9.17, 15) is 9.59 Å². The van der Waals surface area contributed by atoms with Crippen molar-refractivity contribution in [1.82, 2.24) is 5.32 Å². The van der Waals surface area contributed by atoms with E-state index in [4.69, 9.17) is 21.1 Å². The third kappa shape index (κ3) is 5.75. The molecule has 0 fully saturated rings. The highest BCUT2D eigenvalue weighted by Gasteiger charge is 2.08. The van der Waals surface area contributed by atoms with E-state index < -0.39 is 5.97 Å². The highest BCUT2D eigenvalue weighted by molar-refractivity contribution is 6.31. The van der Waals surface area contributed by atoms with Gasteiger partial charge >= 0.3 is 5.97 Å². The third-order valence-corrected chi connectivity index (χ3v) is 2.72. The molecule has 0 bridgehead atoms. The summed E-state index contributed by atoms with van der Waals surface area (Å²) in [7, 11) is 0. The highest BCUT2D eigenvalue weighted by atomic mass is 35.5. The number of benzene rings is 1. The van der Waals surface area contributed by atoms with Crippen LogP contribution in [0.2, 0.25) is 5.02 Å². The topological polar surface area (TPSA) is 64.6 Å². The van der Waals surface area contributed by atoms with E-state index in [1.807, 2.05) is 6.92 Å². The van der Waals surface area contributed by atoms with Crippen molar-refractivity contribution in [3.05, 3.63) is 41.4 Å². The number of ether oxygens (including phenoxy) is 2. The lowest BCUT2D eigenvalue weighted by atomic mass is 10.2. The monoisotopic (exact) mass is 297 g/mol. The summed E-state index contributed by atoms with van der Waals surface area (Å²) >= 11 is 5.87. The van der Waals surface area contributed by atoms with Gasteiger partial charge in [-0.2, -0.15) is 0 Å². The normalized spacial score (nSPS) is 9.70. The molecule has 0 spiro atoms. The molecule has 0 saturated heterocycles. The van der Waals surface area contributed by atoms with Gasteiger partial charge in [0.25, 0.3) is 5.91 Å². The predicted octanol–water partition coefficient (Wildman–Crippen LogP) is 1.87. The molecule has 1 aromatic carbocycles. The van der Waals surface area contributed by atoms with Crippen LogP contribution in [0.25, 0.3) is 0 Å². The number of amides is 1. The van der Waals surface area contributed by atoms with Gasteiger partial charge in [0.05, 0.1) is 0 Å². The van der Waals surface area contributed by atoms with Crippen LogP contribution in [0.4, 0.5) is 0 Å². The second-order valence-corrected chi connectivity index (χ2v) is 4.36. The van der Waals surface area contributed by atoms with Crippen molar-refractivity contribution < 1.29 is 19.1 Å². The lowest BCUT2D eigenvalue weighted by Crippen LogP contribution is -2.29.